The molecule has 0 radical (unpaired) electrons. The van der Waals surface area contributed by atoms with E-state index in [1.54, 1.807) is 36.9 Å². The van der Waals surface area contributed by atoms with Crippen LogP contribution in [0, 0.1) is 12.3 Å². The largest absolute Gasteiger partial charge is 0.455 e. The van der Waals surface area contributed by atoms with E-state index in [4.69, 9.17) is 34.4 Å². The van der Waals surface area contributed by atoms with E-state index in [9.17, 15) is 4.79 Å². The van der Waals surface area contributed by atoms with Gasteiger partial charge in [-0.2, -0.15) is 0 Å². The third-order valence-electron chi connectivity index (χ3n) is 3.47. The molecule has 126 valence electrons. The predicted octanol–water partition coefficient (Wildman–Crippen LogP) is 4.67. The van der Waals surface area contributed by atoms with Crippen molar-refractivity contribution in [3.63, 3.8) is 0 Å². The molecule has 1 aromatic heterocycles. The standard InChI is InChI=1S/C18H18Cl2N2O2/c1-2-3-4-5-6-18(23)24-17(12-22-10-9-21-13-22)15-8-7-14(19)11-16(15)20/h1,7-11,13,17H,3-6,12H2. The van der Waals surface area contributed by atoms with Crippen molar-refractivity contribution in [2.24, 2.45) is 0 Å². The van der Waals surface area contributed by atoms with Crippen molar-refractivity contribution >= 4 is 29.2 Å². The predicted molar refractivity (Wildman–Crippen MR) is 94.8 cm³/mol. The van der Waals surface area contributed by atoms with Gasteiger partial charge in [0, 0.05) is 40.8 Å². The van der Waals surface area contributed by atoms with Crippen molar-refractivity contribution in [1.82, 2.24) is 9.55 Å². The maximum Gasteiger partial charge on any atom is 0.306 e. The zero-order valence-electron chi connectivity index (χ0n) is 13.1. The lowest BCUT2D eigenvalue weighted by Gasteiger charge is -2.20. The second kappa shape index (κ2) is 9.36. The highest BCUT2D eigenvalue weighted by Gasteiger charge is 2.20. The molecule has 0 saturated heterocycles. The van der Waals surface area contributed by atoms with Gasteiger partial charge in [-0.3, -0.25) is 4.79 Å². The lowest BCUT2D eigenvalue weighted by molar-refractivity contribution is -0.150. The molecule has 0 fully saturated rings. The first-order valence-corrected chi connectivity index (χ1v) is 8.39. The van der Waals surface area contributed by atoms with Gasteiger partial charge < -0.3 is 9.30 Å². The summed E-state index contributed by atoms with van der Waals surface area (Å²) in [7, 11) is 0. The van der Waals surface area contributed by atoms with Crippen LogP contribution in [-0.4, -0.2) is 15.5 Å². The summed E-state index contributed by atoms with van der Waals surface area (Å²) in [6.07, 6.45) is 12.3. The summed E-state index contributed by atoms with van der Waals surface area (Å²) in [6.45, 7) is 0.428. The fourth-order valence-corrected chi connectivity index (χ4v) is 2.79. The minimum Gasteiger partial charge on any atom is -0.455 e. The number of nitrogens with zero attached hydrogens (tertiary/aromatic N) is 2. The molecule has 0 bridgehead atoms. The van der Waals surface area contributed by atoms with Crippen molar-refractivity contribution in [3.05, 3.63) is 52.5 Å². The summed E-state index contributed by atoms with van der Waals surface area (Å²) >= 11 is 12.2. The molecule has 24 heavy (non-hydrogen) atoms. The minimum atomic E-state index is -0.510. The average Bonchev–Trinajstić information content (AvgIpc) is 3.04. The molecule has 1 aromatic carbocycles. The first-order valence-electron chi connectivity index (χ1n) is 7.64. The summed E-state index contributed by atoms with van der Waals surface area (Å²) in [5.41, 5.74) is 0.715. The van der Waals surface area contributed by atoms with Crippen molar-refractivity contribution in [2.45, 2.75) is 38.3 Å². The van der Waals surface area contributed by atoms with Gasteiger partial charge in [0.25, 0.3) is 0 Å². The summed E-state index contributed by atoms with van der Waals surface area (Å²) in [5, 5.41) is 0.999. The smallest absolute Gasteiger partial charge is 0.306 e. The molecule has 1 heterocycles. The van der Waals surface area contributed by atoms with Crippen molar-refractivity contribution < 1.29 is 9.53 Å². The van der Waals surface area contributed by atoms with Crippen molar-refractivity contribution in [1.29, 1.82) is 0 Å². The maximum atomic E-state index is 12.1. The molecule has 0 amide bonds. The molecule has 0 N–H and O–H groups in total. The molecule has 1 atom stereocenters. The van der Waals surface area contributed by atoms with Crippen LogP contribution < -0.4 is 0 Å². The van der Waals surface area contributed by atoms with Crippen LogP contribution in [0.1, 0.15) is 37.4 Å². The Hall–Kier alpha value is -1.96. The monoisotopic (exact) mass is 364 g/mol. The third-order valence-corrected chi connectivity index (χ3v) is 4.03. The van der Waals surface area contributed by atoms with Crippen LogP contribution in [0.4, 0.5) is 0 Å². The number of unbranched alkanes of at least 4 members (excludes halogenated alkanes) is 2. The highest BCUT2D eigenvalue weighted by Crippen LogP contribution is 2.30. The fourth-order valence-electron chi connectivity index (χ4n) is 2.26. The Bertz CT molecular complexity index is 708. The van der Waals surface area contributed by atoms with Gasteiger partial charge in [-0.25, -0.2) is 4.98 Å². The zero-order chi connectivity index (χ0) is 17.4. The van der Waals surface area contributed by atoms with Gasteiger partial charge in [-0.1, -0.05) is 29.3 Å². The summed E-state index contributed by atoms with van der Waals surface area (Å²) < 4.78 is 7.48. The number of carbonyl (C=O) groups excluding carboxylic acids is 1. The lowest BCUT2D eigenvalue weighted by Crippen LogP contribution is -2.16. The molecule has 2 aromatic rings. The Morgan fingerprint density at radius 3 is 2.88 bits per heavy atom. The van der Waals surface area contributed by atoms with Gasteiger partial charge in [0.2, 0.25) is 0 Å². The highest BCUT2D eigenvalue weighted by atomic mass is 35.5. The normalized spacial score (nSPS) is 11.7. The van der Waals surface area contributed by atoms with Gasteiger partial charge in [-0.15, -0.1) is 12.3 Å². The number of terminal acetylenes is 1. The number of halogens is 2. The summed E-state index contributed by atoms with van der Waals surface area (Å²) in [4.78, 5) is 16.1. The van der Waals surface area contributed by atoms with E-state index in [0.29, 0.717) is 41.4 Å². The second-order valence-corrected chi connectivity index (χ2v) is 6.16. The summed E-state index contributed by atoms with van der Waals surface area (Å²) in [5.74, 6) is 2.28. The first-order chi connectivity index (χ1) is 11.6. The number of benzene rings is 1. The maximum absolute atomic E-state index is 12.1. The van der Waals surface area contributed by atoms with Gasteiger partial charge in [0.1, 0.15) is 6.10 Å². The molecular weight excluding hydrogens is 347 g/mol. The molecule has 2 rings (SSSR count). The number of esters is 1. The van der Waals surface area contributed by atoms with Gasteiger partial charge in [-0.05, 0) is 25.0 Å². The third kappa shape index (κ3) is 5.59. The summed E-state index contributed by atoms with van der Waals surface area (Å²) in [6, 6.07) is 5.14. The topological polar surface area (TPSA) is 44.1 Å². The molecule has 1 unspecified atom stereocenters. The van der Waals surface area contributed by atoms with Crippen LogP contribution in [-0.2, 0) is 16.1 Å². The molecule has 0 aliphatic carbocycles. The quantitative estimate of drug-likeness (QED) is 0.388. The Labute approximate surface area is 151 Å². The number of imidazole rings is 1. The van der Waals surface area contributed by atoms with E-state index in [-0.39, 0.29) is 5.97 Å². The average molecular weight is 365 g/mol. The van der Waals surface area contributed by atoms with Crippen LogP contribution in [0.5, 0.6) is 0 Å². The van der Waals surface area contributed by atoms with E-state index in [0.717, 1.165) is 6.42 Å². The van der Waals surface area contributed by atoms with Gasteiger partial charge in [0.15, 0.2) is 0 Å². The van der Waals surface area contributed by atoms with Crippen LogP contribution in [0.25, 0.3) is 0 Å². The number of carbonyl (C=O) groups is 1. The molecular formula is C18H18Cl2N2O2. The Balaban J connectivity index is 2.08. The van der Waals surface area contributed by atoms with Crippen molar-refractivity contribution in [3.8, 4) is 12.3 Å². The number of ether oxygens (including phenoxy) is 1. The molecule has 6 heteroatoms. The van der Waals surface area contributed by atoms with Gasteiger partial charge in [0.05, 0.1) is 12.9 Å². The van der Waals surface area contributed by atoms with E-state index in [1.165, 1.54) is 0 Å². The zero-order valence-corrected chi connectivity index (χ0v) is 14.6. The van der Waals surface area contributed by atoms with Crippen molar-refractivity contribution in [2.75, 3.05) is 0 Å². The van der Waals surface area contributed by atoms with Crippen LogP contribution >= 0.6 is 23.2 Å². The number of hydrogen-bond acceptors (Lipinski definition) is 3. The SMILES string of the molecule is C#CCCCCC(=O)OC(Cn1ccnc1)c1ccc(Cl)cc1Cl. The number of rotatable bonds is 8. The van der Waals surface area contributed by atoms with E-state index in [2.05, 4.69) is 10.9 Å². The molecule has 0 aliphatic rings. The van der Waals surface area contributed by atoms with Crippen LogP contribution in [0.3, 0.4) is 0 Å². The molecule has 0 saturated carbocycles. The van der Waals surface area contributed by atoms with E-state index >= 15 is 0 Å². The number of hydrogen-bond donors (Lipinski definition) is 0. The van der Waals surface area contributed by atoms with Crippen LogP contribution in [0.2, 0.25) is 10.0 Å². The Kier molecular flexibility index (Phi) is 7.17. The first kappa shape index (κ1) is 18.4. The van der Waals surface area contributed by atoms with E-state index in [1.807, 2.05) is 4.57 Å². The molecule has 0 spiro atoms. The Morgan fingerprint density at radius 2 is 2.21 bits per heavy atom. The lowest BCUT2D eigenvalue weighted by atomic mass is 10.1. The second-order valence-electron chi connectivity index (χ2n) is 5.32. The highest BCUT2D eigenvalue weighted by molar-refractivity contribution is 6.35. The number of aromatic nitrogens is 2. The fraction of sp³-hybridized carbons (Fsp3) is 0.333. The van der Waals surface area contributed by atoms with Crippen LogP contribution in [0.15, 0.2) is 36.9 Å². The molecule has 0 aliphatic heterocycles. The van der Waals surface area contributed by atoms with E-state index < -0.39 is 6.10 Å². The minimum absolute atomic E-state index is 0.275. The van der Waals surface area contributed by atoms with Gasteiger partial charge >= 0.3 is 5.97 Å². The Morgan fingerprint density at radius 1 is 1.38 bits per heavy atom. The molecule has 4 nitrogen and oxygen atoms in total.